The summed E-state index contributed by atoms with van der Waals surface area (Å²) in [6, 6.07) is 11.8. The van der Waals surface area contributed by atoms with E-state index < -0.39 is 5.82 Å². The summed E-state index contributed by atoms with van der Waals surface area (Å²) < 4.78 is 14.5. The minimum Gasteiger partial charge on any atom is -0.394 e. The fourth-order valence-electron chi connectivity index (χ4n) is 4.36. The lowest BCUT2D eigenvalue weighted by molar-refractivity contribution is -0.139. The van der Waals surface area contributed by atoms with Gasteiger partial charge in [-0.3, -0.25) is 9.59 Å². The van der Waals surface area contributed by atoms with Crippen LogP contribution in [-0.2, 0) is 24.2 Å². The zero-order valence-corrected chi connectivity index (χ0v) is 19.0. The Labute approximate surface area is 200 Å². The summed E-state index contributed by atoms with van der Waals surface area (Å²) in [4.78, 5) is 35.5. The molecule has 174 valence electrons. The molecule has 34 heavy (non-hydrogen) atoms. The van der Waals surface area contributed by atoms with E-state index in [0.29, 0.717) is 29.9 Å². The lowest BCUT2D eigenvalue weighted by atomic mass is 10.00. The van der Waals surface area contributed by atoms with Crippen molar-refractivity contribution in [2.24, 2.45) is 0 Å². The molecule has 0 aliphatic carbocycles. The number of benzene rings is 2. The average molecular weight is 481 g/mol. The van der Waals surface area contributed by atoms with Crippen molar-refractivity contribution in [3.05, 3.63) is 81.4 Å². The molecule has 1 fully saturated rings. The molecule has 2 aromatic carbocycles. The summed E-state index contributed by atoms with van der Waals surface area (Å²) in [6.07, 6.45) is 1.43. The number of carbonyl (C=O) groups is 2. The summed E-state index contributed by atoms with van der Waals surface area (Å²) in [5, 5.41) is 12.2. The highest BCUT2D eigenvalue weighted by atomic mass is 35.5. The minimum atomic E-state index is -0.532. The Bertz CT molecular complexity index is 1260. The molecule has 7 nitrogen and oxygen atoms in total. The van der Waals surface area contributed by atoms with Gasteiger partial charge in [-0.05, 0) is 29.7 Å². The molecular formula is C25H22ClFN4O3. The first-order valence-corrected chi connectivity index (χ1v) is 11.4. The van der Waals surface area contributed by atoms with Gasteiger partial charge in [0.2, 0.25) is 5.91 Å². The highest BCUT2D eigenvalue weighted by Crippen LogP contribution is 2.31. The highest BCUT2D eigenvalue weighted by molar-refractivity contribution is 6.33. The number of aliphatic hydroxyl groups excluding tert-OH is 1. The van der Waals surface area contributed by atoms with Crippen molar-refractivity contribution in [2.45, 2.75) is 31.8 Å². The summed E-state index contributed by atoms with van der Waals surface area (Å²) in [5.74, 6) is -0.653. The number of aliphatic hydroxyl groups is 1. The third-order valence-corrected chi connectivity index (χ3v) is 6.63. The van der Waals surface area contributed by atoms with Crippen molar-refractivity contribution >= 4 is 23.4 Å². The topological polar surface area (TPSA) is 95.4 Å². The molecule has 3 aromatic rings. The molecule has 0 saturated carbocycles. The maximum absolute atomic E-state index is 14.5. The van der Waals surface area contributed by atoms with E-state index in [0.717, 1.165) is 17.5 Å². The van der Waals surface area contributed by atoms with Gasteiger partial charge >= 0.3 is 0 Å². The largest absolute Gasteiger partial charge is 0.394 e. The molecule has 1 saturated heterocycles. The molecule has 0 bridgehead atoms. The molecule has 0 spiro atoms. The number of aromatic nitrogens is 2. The fraction of sp³-hybridized carbons (Fsp3) is 0.280. The second kappa shape index (κ2) is 9.12. The highest BCUT2D eigenvalue weighted by Gasteiger charge is 2.31. The van der Waals surface area contributed by atoms with E-state index in [1.165, 1.54) is 12.1 Å². The zero-order chi connectivity index (χ0) is 23.8. The number of nitrogens with zero attached hydrogens (tertiary/aromatic N) is 3. The summed E-state index contributed by atoms with van der Waals surface area (Å²) in [7, 11) is 0. The molecule has 2 aliphatic heterocycles. The molecule has 0 radical (unpaired) electrons. The van der Waals surface area contributed by atoms with E-state index >= 15 is 0 Å². The number of likely N-dealkylation sites (tertiary alicyclic amines) is 1. The van der Waals surface area contributed by atoms with Gasteiger partial charge < -0.3 is 15.3 Å². The van der Waals surface area contributed by atoms with E-state index in [1.54, 1.807) is 11.0 Å². The maximum atomic E-state index is 14.5. The van der Waals surface area contributed by atoms with Gasteiger partial charge in [0, 0.05) is 13.0 Å². The van der Waals surface area contributed by atoms with Crippen LogP contribution >= 0.6 is 11.6 Å². The van der Waals surface area contributed by atoms with E-state index in [-0.39, 0.29) is 53.8 Å². The van der Waals surface area contributed by atoms with Crippen LogP contribution in [0.15, 0.2) is 42.5 Å². The number of hydrogen-bond donors (Lipinski definition) is 2. The first-order valence-electron chi connectivity index (χ1n) is 11.0. The second-order valence-electron chi connectivity index (χ2n) is 8.48. The standard InChI is InChI=1S/C25H22ClFN4O3/c26-17-2-1-3-18(27)22(17)24-29-19(23-20(30-24)12-28-25(23)34)10-14-4-6-15(7-5-14)11-21(33)31-9-8-16(31)13-32/h1-7,16,32H,8-13H2,(H,28,34)/t16-/m0/s1. The van der Waals surface area contributed by atoms with Crippen molar-refractivity contribution < 1.29 is 19.1 Å². The van der Waals surface area contributed by atoms with Gasteiger partial charge in [-0.1, -0.05) is 41.9 Å². The van der Waals surface area contributed by atoms with Crippen LogP contribution in [0.25, 0.3) is 11.4 Å². The van der Waals surface area contributed by atoms with Gasteiger partial charge in [0.15, 0.2) is 5.82 Å². The number of halogens is 2. The van der Waals surface area contributed by atoms with Crippen LogP contribution in [-0.4, -0.2) is 51.0 Å². The normalized spacial score (nSPS) is 16.7. The molecule has 3 heterocycles. The first-order chi connectivity index (χ1) is 16.4. The van der Waals surface area contributed by atoms with E-state index in [9.17, 15) is 19.1 Å². The van der Waals surface area contributed by atoms with Gasteiger partial charge in [-0.15, -0.1) is 0 Å². The zero-order valence-electron chi connectivity index (χ0n) is 18.2. The predicted molar refractivity (Wildman–Crippen MR) is 124 cm³/mol. The smallest absolute Gasteiger partial charge is 0.255 e. The quantitative estimate of drug-likeness (QED) is 0.565. The third kappa shape index (κ3) is 4.15. The molecule has 2 aliphatic rings. The van der Waals surface area contributed by atoms with Crippen LogP contribution in [0, 0.1) is 5.82 Å². The van der Waals surface area contributed by atoms with Crippen LogP contribution in [0.5, 0.6) is 0 Å². The van der Waals surface area contributed by atoms with E-state index in [1.807, 2.05) is 24.3 Å². The van der Waals surface area contributed by atoms with E-state index in [4.69, 9.17) is 11.6 Å². The maximum Gasteiger partial charge on any atom is 0.255 e. The van der Waals surface area contributed by atoms with Crippen LogP contribution < -0.4 is 5.32 Å². The Morgan fingerprint density at radius 2 is 1.91 bits per heavy atom. The predicted octanol–water partition coefficient (Wildman–Crippen LogP) is 2.91. The molecule has 2 N–H and O–H groups in total. The number of hydrogen-bond acceptors (Lipinski definition) is 5. The molecule has 1 atom stereocenters. The Morgan fingerprint density at radius 3 is 2.59 bits per heavy atom. The fourth-order valence-corrected chi connectivity index (χ4v) is 4.60. The van der Waals surface area contributed by atoms with Crippen LogP contribution in [0.4, 0.5) is 4.39 Å². The molecule has 2 amide bonds. The Balaban J connectivity index is 1.40. The van der Waals surface area contributed by atoms with Crippen molar-refractivity contribution in [3.63, 3.8) is 0 Å². The van der Waals surface area contributed by atoms with E-state index in [2.05, 4.69) is 15.3 Å². The summed E-state index contributed by atoms with van der Waals surface area (Å²) in [5.41, 5.74) is 3.27. The number of fused-ring (bicyclic) bond motifs is 1. The monoisotopic (exact) mass is 480 g/mol. The van der Waals surface area contributed by atoms with Gasteiger partial charge in [-0.2, -0.15) is 0 Å². The van der Waals surface area contributed by atoms with Gasteiger partial charge in [0.25, 0.3) is 5.91 Å². The van der Waals surface area contributed by atoms with Crippen molar-refractivity contribution in [2.75, 3.05) is 13.2 Å². The summed E-state index contributed by atoms with van der Waals surface area (Å²) in [6.45, 7) is 0.911. The van der Waals surface area contributed by atoms with Crippen molar-refractivity contribution in [1.29, 1.82) is 0 Å². The van der Waals surface area contributed by atoms with Gasteiger partial charge in [0.1, 0.15) is 5.82 Å². The Morgan fingerprint density at radius 1 is 1.15 bits per heavy atom. The third-order valence-electron chi connectivity index (χ3n) is 6.31. The lowest BCUT2D eigenvalue weighted by Gasteiger charge is -2.40. The second-order valence-corrected chi connectivity index (χ2v) is 8.88. The number of amides is 2. The molecule has 9 heteroatoms. The van der Waals surface area contributed by atoms with Crippen LogP contribution in [0.1, 0.15) is 39.3 Å². The molecule has 0 unspecified atom stereocenters. The van der Waals surface area contributed by atoms with Gasteiger partial charge in [0.05, 0.1) is 53.2 Å². The number of carbonyl (C=O) groups excluding carboxylic acids is 2. The SMILES string of the molecule is O=C1NCc2nc(-c3c(F)cccc3Cl)nc(Cc3ccc(CC(=O)N4CC[C@H]4CO)cc3)c21. The first kappa shape index (κ1) is 22.4. The summed E-state index contributed by atoms with van der Waals surface area (Å²) >= 11 is 6.22. The molecule has 5 rings (SSSR count). The average Bonchev–Trinajstić information content (AvgIpc) is 3.15. The molecule has 1 aromatic heterocycles. The Kier molecular flexibility index (Phi) is 6.02. The van der Waals surface area contributed by atoms with Crippen molar-refractivity contribution in [3.8, 4) is 11.4 Å². The lowest BCUT2D eigenvalue weighted by Crippen LogP contribution is -2.53. The Hall–Kier alpha value is -3.36. The van der Waals surface area contributed by atoms with Crippen LogP contribution in [0.2, 0.25) is 5.02 Å². The molecular weight excluding hydrogens is 459 g/mol. The minimum absolute atomic E-state index is 0.00486. The van der Waals surface area contributed by atoms with Crippen LogP contribution in [0.3, 0.4) is 0 Å². The number of nitrogens with one attached hydrogen (secondary N) is 1. The van der Waals surface area contributed by atoms with Crippen molar-refractivity contribution in [1.82, 2.24) is 20.2 Å². The van der Waals surface area contributed by atoms with Gasteiger partial charge in [-0.25, -0.2) is 14.4 Å². The number of rotatable bonds is 6.